The highest BCUT2D eigenvalue weighted by molar-refractivity contribution is 7.12. The van der Waals surface area contributed by atoms with Crippen molar-refractivity contribution in [3.63, 3.8) is 0 Å². The normalized spacial score (nSPS) is 19.9. The van der Waals surface area contributed by atoms with Crippen LogP contribution in [0.25, 0.3) is 0 Å². The Balaban J connectivity index is 1.59. The molecule has 0 bridgehead atoms. The van der Waals surface area contributed by atoms with Crippen LogP contribution < -0.4 is 10.6 Å². The molecule has 1 aliphatic heterocycles. The summed E-state index contributed by atoms with van der Waals surface area (Å²) in [6.07, 6.45) is 1.07. The topological polar surface area (TPSA) is 50.4 Å². The second-order valence-electron chi connectivity index (χ2n) is 3.75. The van der Waals surface area contributed by atoms with E-state index in [1.807, 2.05) is 17.5 Å². The van der Waals surface area contributed by atoms with Gasteiger partial charge in [-0.3, -0.25) is 4.79 Å². The Morgan fingerprint density at radius 3 is 3.19 bits per heavy atom. The van der Waals surface area contributed by atoms with Crippen LogP contribution in [0.15, 0.2) is 17.5 Å². The average Bonchev–Trinajstić information content (AvgIpc) is 2.96. The Kier molecular flexibility index (Phi) is 4.33. The molecule has 0 radical (unpaired) electrons. The second-order valence-corrected chi connectivity index (χ2v) is 4.70. The second kappa shape index (κ2) is 5.98. The maximum atomic E-state index is 11.5. The summed E-state index contributed by atoms with van der Waals surface area (Å²) in [4.78, 5) is 12.3. The minimum Gasteiger partial charge on any atom is -0.380 e. The molecule has 2 heterocycles. The summed E-state index contributed by atoms with van der Waals surface area (Å²) in [7, 11) is 0. The van der Waals surface area contributed by atoms with Gasteiger partial charge in [-0.25, -0.2) is 0 Å². The molecule has 1 fully saturated rings. The van der Waals surface area contributed by atoms with E-state index in [1.165, 1.54) is 11.3 Å². The molecule has 5 heteroatoms. The van der Waals surface area contributed by atoms with Crippen LogP contribution in [-0.4, -0.2) is 38.3 Å². The molecule has 1 unspecified atom stereocenters. The number of hydrogen-bond donors (Lipinski definition) is 2. The SMILES string of the molecule is O=C(NCCNC1CCOC1)c1cccs1. The van der Waals surface area contributed by atoms with E-state index in [2.05, 4.69) is 10.6 Å². The van der Waals surface area contributed by atoms with Crippen molar-refractivity contribution >= 4 is 17.2 Å². The molecule has 1 atom stereocenters. The maximum absolute atomic E-state index is 11.5. The zero-order valence-corrected chi connectivity index (χ0v) is 9.89. The molecule has 1 aromatic heterocycles. The van der Waals surface area contributed by atoms with Gasteiger partial charge in [-0.05, 0) is 17.9 Å². The number of nitrogens with one attached hydrogen (secondary N) is 2. The lowest BCUT2D eigenvalue weighted by molar-refractivity contribution is 0.0957. The van der Waals surface area contributed by atoms with Gasteiger partial charge in [0.25, 0.3) is 5.91 Å². The van der Waals surface area contributed by atoms with Crippen LogP contribution in [0.3, 0.4) is 0 Å². The Labute approximate surface area is 99.0 Å². The van der Waals surface area contributed by atoms with E-state index in [4.69, 9.17) is 4.74 Å². The summed E-state index contributed by atoms with van der Waals surface area (Å²) >= 11 is 1.46. The number of carbonyl (C=O) groups excluding carboxylic acids is 1. The van der Waals surface area contributed by atoms with Gasteiger partial charge in [-0.1, -0.05) is 6.07 Å². The molecular weight excluding hydrogens is 224 g/mol. The van der Waals surface area contributed by atoms with Gasteiger partial charge in [0.2, 0.25) is 0 Å². The summed E-state index contributed by atoms with van der Waals surface area (Å²) in [5, 5.41) is 8.13. The van der Waals surface area contributed by atoms with Crippen molar-refractivity contribution in [2.24, 2.45) is 0 Å². The Morgan fingerprint density at radius 1 is 1.56 bits per heavy atom. The fourth-order valence-corrected chi connectivity index (χ4v) is 2.28. The number of thiophene rings is 1. The lowest BCUT2D eigenvalue weighted by Gasteiger charge is -2.10. The van der Waals surface area contributed by atoms with Gasteiger partial charge in [0.05, 0.1) is 11.5 Å². The average molecular weight is 240 g/mol. The third-order valence-electron chi connectivity index (χ3n) is 2.52. The zero-order chi connectivity index (χ0) is 11.2. The zero-order valence-electron chi connectivity index (χ0n) is 9.07. The van der Waals surface area contributed by atoms with Crippen LogP contribution in [0.5, 0.6) is 0 Å². The fourth-order valence-electron chi connectivity index (χ4n) is 1.64. The summed E-state index contributed by atoms with van der Waals surface area (Å²) in [5.74, 6) is 0.0134. The number of rotatable bonds is 5. The van der Waals surface area contributed by atoms with Gasteiger partial charge in [0.1, 0.15) is 0 Å². The first-order valence-corrected chi connectivity index (χ1v) is 6.37. The van der Waals surface area contributed by atoms with Gasteiger partial charge in [0, 0.05) is 25.7 Å². The number of hydrogen-bond acceptors (Lipinski definition) is 4. The van der Waals surface area contributed by atoms with E-state index in [0.717, 1.165) is 31.1 Å². The lowest BCUT2D eigenvalue weighted by atomic mass is 10.2. The molecule has 1 saturated heterocycles. The summed E-state index contributed by atoms with van der Waals surface area (Å²) < 4.78 is 5.25. The Morgan fingerprint density at radius 2 is 2.50 bits per heavy atom. The summed E-state index contributed by atoms with van der Waals surface area (Å²) in [6, 6.07) is 4.17. The molecule has 0 saturated carbocycles. The summed E-state index contributed by atoms with van der Waals surface area (Å²) in [6.45, 7) is 3.09. The van der Waals surface area contributed by atoms with E-state index in [0.29, 0.717) is 12.6 Å². The van der Waals surface area contributed by atoms with Crippen molar-refractivity contribution in [2.75, 3.05) is 26.3 Å². The van der Waals surface area contributed by atoms with Crippen LogP contribution in [0.4, 0.5) is 0 Å². The van der Waals surface area contributed by atoms with E-state index in [-0.39, 0.29) is 5.91 Å². The van der Waals surface area contributed by atoms with Crippen LogP contribution in [0.2, 0.25) is 0 Å². The van der Waals surface area contributed by atoms with Crippen molar-refractivity contribution in [2.45, 2.75) is 12.5 Å². The van der Waals surface area contributed by atoms with Crippen LogP contribution in [0.1, 0.15) is 16.1 Å². The number of ether oxygens (including phenoxy) is 1. The first-order chi connectivity index (χ1) is 7.86. The maximum Gasteiger partial charge on any atom is 0.261 e. The quantitative estimate of drug-likeness (QED) is 0.750. The van der Waals surface area contributed by atoms with Crippen LogP contribution in [0, 0.1) is 0 Å². The van der Waals surface area contributed by atoms with Crippen LogP contribution in [-0.2, 0) is 4.74 Å². The van der Waals surface area contributed by atoms with Gasteiger partial charge in [0.15, 0.2) is 0 Å². The van der Waals surface area contributed by atoms with Gasteiger partial charge >= 0.3 is 0 Å². The highest BCUT2D eigenvalue weighted by Gasteiger charge is 2.14. The Bertz CT molecular complexity index is 321. The third kappa shape index (κ3) is 3.30. The Hall–Kier alpha value is -0.910. The van der Waals surface area contributed by atoms with Crippen molar-refractivity contribution in [3.8, 4) is 0 Å². The van der Waals surface area contributed by atoms with Crippen molar-refractivity contribution in [1.29, 1.82) is 0 Å². The first-order valence-electron chi connectivity index (χ1n) is 5.49. The lowest BCUT2D eigenvalue weighted by Crippen LogP contribution is -2.37. The third-order valence-corrected chi connectivity index (χ3v) is 3.39. The highest BCUT2D eigenvalue weighted by Crippen LogP contribution is 2.07. The van der Waals surface area contributed by atoms with Crippen molar-refractivity contribution in [1.82, 2.24) is 10.6 Å². The predicted octanol–water partition coefficient (Wildman–Crippen LogP) is 0.856. The number of amides is 1. The van der Waals surface area contributed by atoms with E-state index < -0.39 is 0 Å². The molecule has 1 aliphatic rings. The standard InChI is InChI=1S/C11H16N2O2S/c14-11(10-2-1-7-16-10)13-5-4-12-9-3-6-15-8-9/h1-2,7,9,12H,3-6,8H2,(H,13,14). The van der Waals surface area contributed by atoms with Crippen molar-refractivity contribution < 1.29 is 9.53 Å². The number of carbonyl (C=O) groups is 1. The predicted molar refractivity (Wildman–Crippen MR) is 63.9 cm³/mol. The minimum absolute atomic E-state index is 0.0134. The smallest absolute Gasteiger partial charge is 0.261 e. The van der Waals surface area contributed by atoms with E-state index in [9.17, 15) is 4.79 Å². The van der Waals surface area contributed by atoms with Crippen molar-refractivity contribution in [3.05, 3.63) is 22.4 Å². The molecular formula is C11H16N2O2S. The molecule has 16 heavy (non-hydrogen) atoms. The van der Waals surface area contributed by atoms with Gasteiger partial charge in [-0.2, -0.15) is 0 Å². The molecule has 1 aromatic rings. The van der Waals surface area contributed by atoms with Gasteiger partial charge in [-0.15, -0.1) is 11.3 Å². The molecule has 2 N–H and O–H groups in total. The monoisotopic (exact) mass is 240 g/mol. The molecule has 0 aromatic carbocycles. The molecule has 2 rings (SSSR count). The molecule has 0 aliphatic carbocycles. The van der Waals surface area contributed by atoms with Crippen LogP contribution >= 0.6 is 11.3 Å². The van der Waals surface area contributed by atoms with E-state index in [1.54, 1.807) is 0 Å². The molecule has 88 valence electrons. The molecule has 0 spiro atoms. The molecule has 4 nitrogen and oxygen atoms in total. The fraction of sp³-hybridized carbons (Fsp3) is 0.545. The van der Waals surface area contributed by atoms with E-state index >= 15 is 0 Å². The van der Waals surface area contributed by atoms with Gasteiger partial charge < -0.3 is 15.4 Å². The summed E-state index contributed by atoms with van der Waals surface area (Å²) in [5.41, 5.74) is 0. The molecule has 1 amide bonds. The first kappa shape index (κ1) is 11.6. The largest absolute Gasteiger partial charge is 0.380 e. The minimum atomic E-state index is 0.0134. The highest BCUT2D eigenvalue weighted by atomic mass is 32.1.